The van der Waals surface area contributed by atoms with Gasteiger partial charge in [0.1, 0.15) is 28.7 Å². The fourth-order valence-electron chi connectivity index (χ4n) is 4.41. The van der Waals surface area contributed by atoms with E-state index in [0.717, 1.165) is 31.9 Å². The highest BCUT2D eigenvalue weighted by Gasteiger charge is 2.54. The molecule has 3 atom stereocenters. The molecule has 4 heterocycles. The van der Waals surface area contributed by atoms with Crippen molar-refractivity contribution in [3.05, 3.63) is 73.8 Å². The number of nitrogens with one attached hydrogen (secondary N) is 1. The van der Waals surface area contributed by atoms with Gasteiger partial charge in [0.05, 0.1) is 10.5 Å². The number of hydrogen-bond donors (Lipinski definition) is 4. The summed E-state index contributed by atoms with van der Waals surface area (Å²) in [7, 11) is 0. The first kappa shape index (κ1) is 28.8. The Bertz CT molecular complexity index is 1750. The molecule has 0 saturated carbocycles. The second-order valence-corrected chi connectivity index (χ2v) is 11.0. The second-order valence-electron chi connectivity index (χ2n) is 8.94. The number of carbonyl (C=O) groups is 4. The third-order valence-electron chi connectivity index (χ3n) is 6.32. The number of nitro benzene ring substituents is 1. The van der Waals surface area contributed by atoms with E-state index in [9.17, 15) is 44.3 Å². The number of carboxylic acid groups (broad SMARTS) is 2. The number of aliphatic carboxylic acids is 2. The fraction of sp³-hybridized carbons (Fsp3) is 0.261. The number of β-lactam (4-membered cyclic amide) rings is 1. The third-order valence-corrected chi connectivity index (χ3v) is 8.66. The number of aliphatic hydroxyl groups excluding tert-OH is 1. The Hall–Kier alpha value is -4.75. The number of fused-ring (bicyclic) bond motifs is 2. The lowest BCUT2D eigenvalue weighted by Gasteiger charge is -2.49. The van der Waals surface area contributed by atoms with Crippen LogP contribution in [-0.4, -0.2) is 91.2 Å². The maximum atomic E-state index is 13.0. The Morgan fingerprint density at radius 3 is 2.60 bits per heavy atom. The van der Waals surface area contributed by atoms with Gasteiger partial charge in [-0.1, -0.05) is 12.1 Å². The maximum absolute atomic E-state index is 13.0. The molecule has 0 bridgehead atoms. The number of hydrogen-bond acceptors (Lipinski definition) is 12. The van der Waals surface area contributed by atoms with Gasteiger partial charge in [-0.25, -0.2) is 9.59 Å². The van der Waals surface area contributed by atoms with Crippen LogP contribution in [0, 0.1) is 10.1 Å². The molecule has 2 amide bonds. The van der Waals surface area contributed by atoms with Gasteiger partial charge in [-0.2, -0.15) is 14.3 Å². The number of thioether (sulfide) groups is 2. The Morgan fingerprint density at radius 1 is 1.17 bits per heavy atom. The molecule has 1 aromatic carbocycles. The Balaban J connectivity index is 1.30. The topological polar surface area (TPSA) is 240 Å². The molecule has 2 aliphatic rings. The first-order valence-electron chi connectivity index (χ1n) is 11.9. The molecular weight excluding hydrogens is 598 g/mol. The number of benzene rings is 1. The first-order valence-corrected chi connectivity index (χ1v) is 13.9. The normalized spacial score (nSPS) is 18.8. The SMILES string of the molecule is O=C(O)Cn1nc2ccc(SCC3=C(C(=O)O)N4C(=O)C(NC(=O)[C@H](O)c5ccccc5[N+](=O)[O-])[C@H]4SC3)nn2c1=O. The molecule has 0 spiro atoms. The Kier molecular flexibility index (Phi) is 7.71. The lowest BCUT2D eigenvalue weighted by atomic mass is 10.0. The summed E-state index contributed by atoms with van der Waals surface area (Å²) in [6, 6.07) is 6.94. The van der Waals surface area contributed by atoms with E-state index in [0.29, 0.717) is 10.6 Å². The van der Waals surface area contributed by atoms with Crippen molar-refractivity contribution in [1.29, 1.82) is 0 Å². The Morgan fingerprint density at radius 2 is 1.90 bits per heavy atom. The van der Waals surface area contributed by atoms with Crippen LogP contribution in [0.25, 0.3) is 5.65 Å². The zero-order valence-electron chi connectivity index (χ0n) is 21.0. The number of rotatable bonds is 10. The van der Waals surface area contributed by atoms with Crippen molar-refractivity contribution in [1.82, 2.24) is 29.6 Å². The molecule has 0 aliphatic carbocycles. The van der Waals surface area contributed by atoms with Gasteiger partial charge in [-0.05, 0) is 23.8 Å². The minimum Gasteiger partial charge on any atom is -0.480 e. The van der Waals surface area contributed by atoms with Crippen LogP contribution in [0.3, 0.4) is 0 Å². The van der Waals surface area contributed by atoms with Gasteiger partial charge in [0, 0.05) is 17.6 Å². The van der Waals surface area contributed by atoms with Gasteiger partial charge in [-0.3, -0.25) is 29.4 Å². The molecule has 1 saturated heterocycles. The van der Waals surface area contributed by atoms with Gasteiger partial charge in [-0.15, -0.1) is 28.6 Å². The predicted molar refractivity (Wildman–Crippen MR) is 143 cm³/mol. The molecule has 218 valence electrons. The van der Waals surface area contributed by atoms with Crippen LogP contribution < -0.4 is 11.0 Å². The molecule has 4 N–H and O–H groups in total. The van der Waals surface area contributed by atoms with Crippen molar-refractivity contribution in [3.63, 3.8) is 0 Å². The zero-order chi connectivity index (χ0) is 30.3. The summed E-state index contributed by atoms with van der Waals surface area (Å²) >= 11 is 2.27. The highest BCUT2D eigenvalue weighted by atomic mass is 32.2. The van der Waals surface area contributed by atoms with E-state index in [-0.39, 0.29) is 28.4 Å². The molecule has 3 aromatic rings. The standard InChI is InChI=1S/C23H19N7O10S2/c31-15(32)7-27-23(38)29-13(25-27)5-6-14(26-29)41-8-10-9-42-21-16(20(35)28(21)17(10)22(36)37)24-19(34)18(33)11-3-1-2-4-12(11)30(39)40/h1-6,16,18,21,33H,7-9H2,(H,24,34)(H,31,32)(H,36,37)/t16?,18-,21-/m1/s1. The van der Waals surface area contributed by atoms with Crippen LogP contribution in [0.4, 0.5) is 5.69 Å². The molecule has 2 aliphatic heterocycles. The molecule has 19 heteroatoms. The van der Waals surface area contributed by atoms with Gasteiger partial charge < -0.3 is 20.6 Å². The second kappa shape index (κ2) is 11.3. The number of aromatic nitrogens is 4. The van der Waals surface area contributed by atoms with E-state index in [1.54, 1.807) is 0 Å². The largest absolute Gasteiger partial charge is 0.480 e. The van der Waals surface area contributed by atoms with E-state index in [2.05, 4.69) is 15.5 Å². The number of aliphatic hydroxyl groups is 1. The van der Waals surface area contributed by atoms with Crippen LogP contribution in [0.1, 0.15) is 11.7 Å². The summed E-state index contributed by atoms with van der Waals surface area (Å²) < 4.78 is 1.67. The van der Waals surface area contributed by atoms with Gasteiger partial charge in [0.15, 0.2) is 11.8 Å². The summed E-state index contributed by atoms with van der Waals surface area (Å²) in [4.78, 5) is 72.7. The monoisotopic (exact) mass is 617 g/mol. The number of amides is 2. The number of carbonyl (C=O) groups excluding carboxylic acids is 2. The third kappa shape index (κ3) is 5.19. The number of nitrogens with zero attached hydrogens (tertiary/aromatic N) is 6. The minimum atomic E-state index is -1.93. The molecule has 17 nitrogen and oxygen atoms in total. The van der Waals surface area contributed by atoms with Crippen molar-refractivity contribution < 1.29 is 39.4 Å². The smallest absolute Gasteiger partial charge is 0.367 e. The van der Waals surface area contributed by atoms with Crippen LogP contribution >= 0.6 is 23.5 Å². The maximum Gasteiger partial charge on any atom is 0.367 e. The molecule has 1 fully saturated rings. The quantitative estimate of drug-likeness (QED) is 0.0966. The number of nitro groups is 1. The zero-order valence-corrected chi connectivity index (χ0v) is 22.6. The summed E-state index contributed by atoms with van der Waals surface area (Å²) in [5.74, 6) is -4.16. The summed E-state index contributed by atoms with van der Waals surface area (Å²) in [5, 5.41) is 50.4. The molecule has 2 aromatic heterocycles. The average molecular weight is 618 g/mol. The highest BCUT2D eigenvalue weighted by molar-refractivity contribution is 8.01. The van der Waals surface area contributed by atoms with Crippen molar-refractivity contribution in [2.75, 3.05) is 11.5 Å². The lowest BCUT2D eigenvalue weighted by Crippen LogP contribution is -2.70. The van der Waals surface area contributed by atoms with Gasteiger partial charge in [0.2, 0.25) is 0 Å². The summed E-state index contributed by atoms with van der Waals surface area (Å²) in [6.07, 6.45) is -1.93. The van der Waals surface area contributed by atoms with E-state index in [1.165, 1.54) is 42.1 Å². The van der Waals surface area contributed by atoms with E-state index >= 15 is 0 Å². The average Bonchev–Trinajstić information content (AvgIpc) is 3.26. The first-order chi connectivity index (χ1) is 20.0. The van der Waals surface area contributed by atoms with Crippen molar-refractivity contribution in [2.45, 2.75) is 29.1 Å². The van der Waals surface area contributed by atoms with Crippen molar-refractivity contribution in [3.8, 4) is 0 Å². The minimum absolute atomic E-state index is 0.0784. The molecule has 0 radical (unpaired) electrons. The Labute approximate surface area is 241 Å². The van der Waals surface area contributed by atoms with E-state index in [1.807, 2.05) is 0 Å². The van der Waals surface area contributed by atoms with Crippen LogP contribution in [0.2, 0.25) is 0 Å². The summed E-state index contributed by atoms with van der Waals surface area (Å²) in [5.41, 5.74) is -1.26. The van der Waals surface area contributed by atoms with Crippen molar-refractivity contribution >= 4 is 58.6 Å². The van der Waals surface area contributed by atoms with Crippen LogP contribution in [0.15, 0.2) is 57.5 Å². The summed E-state index contributed by atoms with van der Waals surface area (Å²) in [6.45, 7) is -0.644. The van der Waals surface area contributed by atoms with E-state index in [4.69, 9.17) is 5.11 Å². The lowest BCUT2D eigenvalue weighted by molar-refractivity contribution is -0.386. The fourth-order valence-corrected chi connectivity index (χ4v) is 6.75. The molecular formula is C23H19N7O10S2. The van der Waals surface area contributed by atoms with Crippen LogP contribution in [-0.2, 0) is 25.7 Å². The van der Waals surface area contributed by atoms with Crippen molar-refractivity contribution in [2.24, 2.45) is 0 Å². The highest BCUT2D eigenvalue weighted by Crippen LogP contribution is 2.41. The number of para-hydroxylation sites is 1. The predicted octanol–water partition coefficient (Wildman–Crippen LogP) is -0.552. The molecule has 1 unspecified atom stereocenters. The van der Waals surface area contributed by atoms with E-state index < -0.39 is 64.1 Å². The number of carboxylic acids is 2. The van der Waals surface area contributed by atoms with Gasteiger partial charge >= 0.3 is 17.6 Å². The van der Waals surface area contributed by atoms with Gasteiger partial charge in [0.25, 0.3) is 17.5 Å². The molecule has 5 rings (SSSR count). The molecule has 42 heavy (non-hydrogen) atoms. The van der Waals surface area contributed by atoms with Crippen LogP contribution in [0.5, 0.6) is 0 Å².